The number of para-hydroxylation sites is 1. The van der Waals surface area contributed by atoms with Gasteiger partial charge in [-0.1, -0.05) is 48.0 Å². The topological polar surface area (TPSA) is 21.3 Å². The predicted molar refractivity (Wildman–Crippen MR) is 74.7 cm³/mol. The second-order valence-corrected chi connectivity index (χ2v) is 4.42. The summed E-state index contributed by atoms with van der Waals surface area (Å²) in [4.78, 5) is 0. The van der Waals surface area contributed by atoms with Crippen LogP contribution in [0.2, 0.25) is 0 Å². The fourth-order valence-electron chi connectivity index (χ4n) is 1.94. The van der Waals surface area contributed by atoms with Crippen LogP contribution in [0.4, 0.5) is 0 Å². The summed E-state index contributed by atoms with van der Waals surface area (Å²) in [6.07, 6.45) is 0. The number of aryl methyl sites for hydroxylation is 1. The van der Waals surface area contributed by atoms with E-state index in [-0.39, 0.29) is 0 Å². The van der Waals surface area contributed by atoms with Gasteiger partial charge in [0.1, 0.15) is 12.4 Å². The van der Waals surface area contributed by atoms with E-state index in [2.05, 4.69) is 42.6 Å². The van der Waals surface area contributed by atoms with E-state index in [9.17, 15) is 0 Å². The third kappa shape index (κ3) is 3.34. The van der Waals surface area contributed by atoms with Crippen molar-refractivity contribution in [2.45, 2.75) is 20.1 Å². The zero-order valence-corrected chi connectivity index (χ0v) is 10.9. The molecule has 0 fully saturated rings. The Hall–Kier alpha value is -1.80. The predicted octanol–water partition coefficient (Wildman–Crippen LogP) is 3.29. The van der Waals surface area contributed by atoms with Crippen LogP contribution in [-0.2, 0) is 13.2 Å². The van der Waals surface area contributed by atoms with Crippen LogP contribution in [0.1, 0.15) is 16.7 Å². The van der Waals surface area contributed by atoms with Crippen LogP contribution in [0.3, 0.4) is 0 Å². The highest BCUT2D eigenvalue weighted by Crippen LogP contribution is 2.19. The third-order valence-electron chi connectivity index (χ3n) is 2.82. The van der Waals surface area contributed by atoms with E-state index in [0.717, 1.165) is 12.3 Å². The Kier molecular flexibility index (Phi) is 4.37. The number of hydrogen-bond donors (Lipinski definition) is 1. The second-order valence-electron chi connectivity index (χ2n) is 4.42. The summed E-state index contributed by atoms with van der Waals surface area (Å²) in [7, 11) is 1.94. The van der Waals surface area contributed by atoms with Gasteiger partial charge in [0.05, 0.1) is 0 Å². The molecule has 0 saturated carbocycles. The van der Waals surface area contributed by atoms with E-state index in [1.54, 1.807) is 0 Å². The molecule has 0 aromatic heterocycles. The van der Waals surface area contributed by atoms with Crippen LogP contribution in [-0.4, -0.2) is 7.05 Å². The molecule has 0 unspecified atom stereocenters. The zero-order chi connectivity index (χ0) is 12.8. The summed E-state index contributed by atoms with van der Waals surface area (Å²) in [5.74, 6) is 0.952. The molecule has 0 spiro atoms. The van der Waals surface area contributed by atoms with Gasteiger partial charge in [0.15, 0.2) is 0 Å². The van der Waals surface area contributed by atoms with Crippen molar-refractivity contribution in [3.8, 4) is 5.75 Å². The monoisotopic (exact) mass is 241 g/mol. The van der Waals surface area contributed by atoms with Gasteiger partial charge in [0, 0.05) is 12.1 Å². The lowest BCUT2D eigenvalue weighted by Gasteiger charge is -2.11. The van der Waals surface area contributed by atoms with Crippen molar-refractivity contribution in [1.29, 1.82) is 0 Å². The molecule has 2 heteroatoms. The molecule has 0 aliphatic carbocycles. The number of nitrogens with one attached hydrogen (secondary N) is 1. The maximum Gasteiger partial charge on any atom is 0.124 e. The fraction of sp³-hybridized carbons (Fsp3) is 0.250. The largest absolute Gasteiger partial charge is 0.489 e. The minimum atomic E-state index is 0.613. The Morgan fingerprint density at radius 3 is 2.67 bits per heavy atom. The third-order valence-corrected chi connectivity index (χ3v) is 2.82. The van der Waals surface area contributed by atoms with Gasteiger partial charge >= 0.3 is 0 Å². The number of ether oxygens (including phenoxy) is 1. The number of hydrogen-bond acceptors (Lipinski definition) is 2. The molecule has 0 radical (unpaired) electrons. The Morgan fingerprint density at radius 2 is 1.89 bits per heavy atom. The van der Waals surface area contributed by atoms with Crippen molar-refractivity contribution >= 4 is 0 Å². The minimum Gasteiger partial charge on any atom is -0.489 e. The fourth-order valence-corrected chi connectivity index (χ4v) is 1.94. The van der Waals surface area contributed by atoms with Gasteiger partial charge in [0.2, 0.25) is 0 Å². The summed E-state index contributed by atoms with van der Waals surface area (Å²) < 4.78 is 5.89. The van der Waals surface area contributed by atoms with Crippen LogP contribution in [0.5, 0.6) is 5.75 Å². The van der Waals surface area contributed by atoms with Gasteiger partial charge in [-0.2, -0.15) is 0 Å². The Bertz CT molecular complexity index is 508. The number of rotatable bonds is 5. The first-order valence-electron chi connectivity index (χ1n) is 6.20. The molecule has 2 aromatic carbocycles. The zero-order valence-electron chi connectivity index (χ0n) is 10.9. The maximum atomic E-state index is 5.89. The van der Waals surface area contributed by atoms with Crippen molar-refractivity contribution in [3.63, 3.8) is 0 Å². The molecular formula is C16H19NO. The van der Waals surface area contributed by atoms with Gasteiger partial charge in [0.25, 0.3) is 0 Å². The highest BCUT2D eigenvalue weighted by atomic mass is 16.5. The smallest absolute Gasteiger partial charge is 0.124 e. The minimum absolute atomic E-state index is 0.613. The summed E-state index contributed by atoms with van der Waals surface area (Å²) >= 11 is 0. The molecule has 0 aliphatic rings. The molecule has 0 atom stereocenters. The Labute approximate surface area is 109 Å². The van der Waals surface area contributed by atoms with Crippen LogP contribution < -0.4 is 10.1 Å². The molecular weight excluding hydrogens is 222 g/mol. The van der Waals surface area contributed by atoms with Crippen molar-refractivity contribution in [3.05, 3.63) is 65.2 Å². The van der Waals surface area contributed by atoms with Crippen LogP contribution in [0, 0.1) is 6.92 Å². The summed E-state index contributed by atoms with van der Waals surface area (Å²) in [6.45, 7) is 3.53. The molecule has 0 saturated heterocycles. The average molecular weight is 241 g/mol. The molecule has 2 nitrogen and oxygen atoms in total. The highest BCUT2D eigenvalue weighted by Gasteiger charge is 2.02. The summed E-state index contributed by atoms with van der Waals surface area (Å²) in [5.41, 5.74) is 3.65. The van der Waals surface area contributed by atoms with Gasteiger partial charge in [-0.15, -0.1) is 0 Å². The second kappa shape index (κ2) is 6.22. The molecule has 2 rings (SSSR count). The van der Waals surface area contributed by atoms with E-state index in [4.69, 9.17) is 4.74 Å². The van der Waals surface area contributed by atoms with Crippen molar-refractivity contribution in [1.82, 2.24) is 5.32 Å². The highest BCUT2D eigenvalue weighted by molar-refractivity contribution is 5.33. The van der Waals surface area contributed by atoms with Crippen molar-refractivity contribution < 1.29 is 4.74 Å². The van der Waals surface area contributed by atoms with E-state index in [1.165, 1.54) is 16.7 Å². The first-order valence-corrected chi connectivity index (χ1v) is 6.20. The summed E-state index contributed by atoms with van der Waals surface area (Å²) in [6, 6.07) is 16.5. The van der Waals surface area contributed by atoms with Crippen molar-refractivity contribution in [2.24, 2.45) is 0 Å². The van der Waals surface area contributed by atoms with Crippen LogP contribution >= 0.6 is 0 Å². The molecule has 94 valence electrons. The molecule has 0 aliphatic heterocycles. The van der Waals surface area contributed by atoms with Gasteiger partial charge < -0.3 is 10.1 Å². The lowest BCUT2D eigenvalue weighted by molar-refractivity contribution is 0.302. The quantitative estimate of drug-likeness (QED) is 0.867. The Morgan fingerprint density at radius 1 is 1.06 bits per heavy atom. The SMILES string of the molecule is CNCc1ccccc1OCc1cccc(C)c1. The van der Waals surface area contributed by atoms with Gasteiger partial charge in [-0.25, -0.2) is 0 Å². The first-order chi connectivity index (χ1) is 8.79. The van der Waals surface area contributed by atoms with Gasteiger partial charge in [-0.3, -0.25) is 0 Å². The van der Waals surface area contributed by atoms with E-state index < -0.39 is 0 Å². The van der Waals surface area contributed by atoms with Crippen LogP contribution in [0.25, 0.3) is 0 Å². The first kappa shape index (κ1) is 12.7. The molecule has 0 bridgehead atoms. The van der Waals surface area contributed by atoms with Crippen molar-refractivity contribution in [2.75, 3.05) is 7.05 Å². The molecule has 18 heavy (non-hydrogen) atoms. The average Bonchev–Trinajstić information content (AvgIpc) is 2.38. The normalized spacial score (nSPS) is 10.3. The molecule has 1 N–H and O–H groups in total. The number of benzene rings is 2. The van der Waals surface area contributed by atoms with Gasteiger partial charge in [-0.05, 0) is 25.6 Å². The van der Waals surface area contributed by atoms with Crippen LogP contribution in [0.15, 0.2) is 48.5 Å². The standard InChI is InChI=1S/C16H19NO/c1-13-6-5-7-14(10-13)12-18-16-9-4-3-8-15(16)11-17-2/h3-10,17H,11-12H2,1-2H3. The molecule has 2 aromatic rings. The summed E-state index contributed by atoms with van der Waals surface area (Å²) in [5, 5.41) is 3.15. The van der Waals surface area contributed by atoms with E-state index >= 15 is 0 Å². The molecule has 0 heterocycles. The molecule has 0 amide bonds. The Balaban J connectivity index is 2.06. The maximum absolute atomic E-state index is 5.89. The van der Waals surface area contributed by atoms with E-state index in [0.29, 0.717) is 6.61 Å². The lowest BCUT2D eigenvalue weighted by Crippen LogP contribution is -2.07. The lowest BCUT2D eigenvalue weighted by atomic mass is 10.1. The van der Waals surface area contributed by atoms with E-state index in [1.807, 2.05) is 25.2 Å².